The van der Waals surface area contributed by atoms with Crippen LogP contribution in [0.1, 0.15) is 52.9 Å². The lowest BCUT2D eigenvalue weighted by molar-refractivity contribution is -0.00876. The van der Waals surface area contributed by atoms with Crippen molar-refractivity contribution in [3.8, 4) is 0 Å². The van der Waals surface area contributed by atoms with Crippen molar-refractivity contribution in [3.05, 3.63) is 0 Å². The van der Waals surface area contributed by atoms with Crippen LogP contribution in [0.5, 0.6) is 0 Å². The number of hydrogen-bond donors (Lipinski definition) is 0. The Labute approximate surface area is 97.3 Å². The molecule has 1 fully saturated rings. The summed E-state index contributed by atoms with van der Waals surface area (Å²) in [5, 5.41) is 0. The van der Waals surface area contributed by atoms with Gasteiger partial charge in [0.1, 0.15) is 0 Å². The largest absolute Gasteiger partial charge is 0.420 e. The molecule has 90 valence electrons. The second-order valence-corrected chi connectivity index (χ2v) is 8.88. The second kappa shape index (κ2) is 5.01. The third-order valence-electron chi connectivity index (χ3n) is 4.09. The highest BCUT2D eigenvalue weighted by molar-refractivity contribution is 6.48. The average molecular weight is 228 g/mol. The van der Waals surface area contributed by atoms with Crippen molar-refractivity contribution in [1.82, 2.24) is 0 Å². The molecule has 0 saturated heterocycles. The molecule has 1 nitrogen and oxygen atoms in total. The van der Waals surface area contributed by atoms with Crippen LogP contribution in [0.2, 0.25) is 13.1 Å². The van der Waals surface area contributed by atoms with E-state index in [1.807, 2.05) is 0 Å². The molecule has 0 atom stereocenters. The first-order valence-corrected chi connectivity index (χ1v) is 9.27. The summed E-state index contributed by atoms with van der Waals surface area (Å²) in [6.07, 6.45) is 6.98. The maximum absolute atomic E-state index is 6.05. The van der Waals surface area contributed by atoms with Crippen LogP contribution in [-0.2, 0) is 4.43 Å². The lowest BCUT2D eigenvalue weighted by Gasteiger charge is -2.48. The minimum Gasteiger partial charge on any atom is -0.420 e. The summed E-state index contributed by atoms with van der Waals surface area (Å²) >= 11 is 0. The van der Waals surface area contributed by atoms with Crippen LogP contribution in [0.15, 0.2) is 0 Å². The van der Waals surface area contributed by atoms with E-state index in [-0.39, 0.29) is 0 Å². The van der Waals surface area contributed by atoms with Gasteiger partial charge in [0.15, 0.2) is 9.04 Å². The minimum atomic E-state index is -0.857. The first-order chi connectivity index (χ1) is 6.87. The second-order valence-electron chi connectivity index (χ2n) is 6.45. The molecule has 0 aromatic carbocycles. The van der Waals surface area contributed by atoms with Crippen LogP contribution >= 0.6 is 0 Å². The zero-order chi connectivity index (χ0) is 11.5. The van der Waals surface area contributed by atoms with Crippen LogP contribution in [0, 0.1) is 10.8 Å². The van der Waals surface area contributed by atoms with Gasteiger partial charge in [0.2, 0.25) is 0 Å². The first kappa shape index (κ1) is 13.2. The molecule has 1 saturated carbocycles. The molecule has 15 heavy (non-hydrogen) atoms. The smallest absolute Gasteiger partial charge is 0.170 e. The van der Waals surface area contributed by atoms with Crippen molar-refractivity contribution in [2.24, 2.45) is 10.8 Å². The lowest BCUT2D eigenvalue weighted by atomic mass is 9.60. The van der Waals surface area contributed by atoms with Gasteiger partial charge in [-0.25, -0.2) is 0 Å². The van der Waals surface area contributed by atoms with Gasteiger partial charge >= 0.3 is 0 Å². The summed E-state index contributed by atoms with van der Waals surface area (Å²) in [5.74, 6) is 0. The van der Waals surface area contributed by atoms with Gasteiger partial charge in [-0.15, -0.1) is 0 Å². The molecule has 0 heterocycles. The quantitative estimate of drug-likeness (QED) is 0.664. The van der Waals surface area contributed by atoms with Gasteiger partial charge in [0, 0.05) is 6.61 Å². The SMILES string of the molecule is C[SiH](C)OCC1(C(C)(C)C)CCCCC1. The van der Waals surface area contributed by atoms with E-state index < -0.39 is 9.04 Å². The van der Waals surface area contributed by atoms with E-state index in [1.165, 1.54) is 32.1 Å². The molecule has 1 rings (SSSR count). The molecule has 0 bridgehead atoms. The Morgan fingerprint density at radius 2 is 1.60 bits per heavy atom. The highest BCUT2D eigenvalue weighted by atomic mass is 28.3. The van der Waals surface area contributed by atoms with Crippen molar-refractivity contribution in [2.45, 2.75) is 66.0 Å². The Morgan fingerprint density at radius 3 is 2.00 bits per heavy atom. The monoisotopic (exact) mass is 228 g/mol. The predicted molar refractivity (Wildman–Crippen MR) is 69.8 cm³/mol. The summed E-state index contributed by atoms with van der Waals surface area (Å²) in [6.45, 7) is 12.7. The summed E-state index contributed by atoms with van der Waals surface area (Å²) in [4.78, 5) is 0. The van der Waals surface area contributed by atoms with E-state index in [0.29, 0.717) is 10.8 Å². The Kier molecular flexibility index (Phi) is 4.42. The maximum Gasteiger partial charge on any atom is 0.170 e. The zero-order valence-corrected chi connectivity index (χ0v) is 12.4. The van der Waals surface area contributed by atoms with Gasteiger partial charge < -0.3 is 4.43 Å². The molecule has 0 radical (unpaired) electrons. The molecule has 0 amide bonds. The maximum atomic E-state index is 6.05. The van der Waals surface area contributed by atoms with Crippen LogP contribution < -0.4 is 0 Å². The highest BCUT2D eigenvalue weighted by Crippen LogP contribution is 2.49. The molecule has 0 aliphatic heterocycles. The molecule has 0 aromatic rings. The average Bonchev–Trinajstić information content (AvgIpc) is 2.14. The highest BCUT2D eigenvalue weighted by Gasteiger charge is 2.42. The normalized spacial score (nSPS) is 22.0. The van der Waals surface area contributed by atoms with Crippen LogP contribution in [0.4, 0.5) is 0 Å². The summed E-state index contributed by atoms with van der Waals surface area (Å²) in [7, 11) is -0.857. The third kappa shape index (κ3) is 3.32. The third-order valence-corrected chi connectivity index (χ3v) is 4.93. The topological polar surface area (TPSA) is 9.23 Å². The van der Waals surface area contributed by atoms with E-state index in [0.717, 1.165) is 6.61 Å². The van der Waals surface area contributed by atoms with Gasteiger partial charge in [0.05, 0.1) is 0 Å². The fourth-order valence-corrected chi connectivity index (χ4v) is 3.32. The molecule has 1 aliphatic carbocycles. The number of rotatable bonds is 3. The fourth-order valence-electron chi connectivity index (χ4n) is 2.67. The molecular formula is C13H28OSi. The Morgan fingerprint density at radius 1 is 1.07 bits per heavy atom. The van der Waals surface area contributed by atoms with Crippen LogP contribution in [0.25, 0.3) is 0 Å². The number of hydrogen-bond acceptors (Lipinski definition) is 1. The molecule has 1 aliphatic rings. The summed E-state index contributed by atoms with van der Waals surface area (Å²) in [5.41, 5.74) is 0.860. The van der Waals surface area contributed by atoms with Crippen LogP contribution in [-0.4, -0.2) is 15.6 Å². The van der Waals surface area contributed by atoms with Gasteiger partial charge in [0.25, 0.3) is 0 Å². The van der Waals surface area contributed by atoms with Crippen molar-refractivity contribution in [3.63, 3.8) is 0 Å². The standard InChI is InChI=1S/C13H28OSi/c1-12(2,3)13(11-14-15(4)5)9-7-6-8-10-13/h15H,6-11H2,1-5H3. The van der Waals surface area contributed by atoms with Crippen molar-refractivity contribution in [2.75, 3.05) is 6.61 Å². The van der Waals surface area contributed by atoms with Crippen molar-refractivity contribution in [1.29, 1.82) is 0 Å². The van der Waals surface area contributed by atoms with E-state index in [2.05, 4.69) is 33.9 Å². The minimum absolute atomic E-state index is 0.400. The lowest BCUT2D eigenvalue weighted by Crippen LogP contribution is -2.42. The van der Waals surface area contributed by atoms with Crippen molar-refractivity contribution < 1.29 is 4.43 Å². The Bertz CT molecular complexity index is 187. The van der Waals surface area contributed by atoms with E-state index in [4.69, 9.17) is 4.43 Å². The molecule has 2 heteroatoms. The van der Waals surface area contributed by atoms with E-state index >= 15 is 0 Å². The van der Waals surface area contributed by atoms with Gasteiger partial charge in [-0.1, -0.05) is 40.0 Å². The first-order valence-electron chi connectivity index (χ1n) is 6.49. The van der Waals surface area contributed by atoms with E-state index in [9.17, 15) is 0 Å². The molecular weight excluding hydrogens is 200 g/mol. The molecule has 0 N–H and O–H groups in total. The molecule has 0 spiro atoms. The Balaban J connectivity index is 2.67. The molecule has 0 unspecified atom stereocenters. The van der Waals surface area contributed by atoms with Crippen molar-refractivity contribution >= 4 is 9.04 Å². The Hall–Kier alpha value is 0.177. The van der Waals surface area contributed by atoms with Crippen LogP contribution in [0.3, 0.4) is 0 Å². The van der Waals surface area contributed by atoms with Gasteiger partial charge in [-0.2, -0.15) is 0 Å². The zero-order valence-electron chi connectivity index (χ0n) is 11.2. The predicted octanol–water partition coefficient (Wildman–Crippen LogP) is 3.98. The fraction of sp³-hybridized carbons (Fsp3) is 1.00. The molecule has 0 aromatic heterocycles. The van der Waals surface area contributed by atoms with E-state index in [1.54, 1.807) is 0 Å². The summed E-state index contributed by atoms with van der Waals surface area (Å²) in [6, 6.07) is 0. The summed E-state index contributed by atoms with van der Waals surface area (Å²) < 4.78 is 6.05. The van der Waals surface area contributed by atoms with Gasteiger partial charge in [-0.05, 0) is 36.8 Å². The van der Waals surface area contributed by atoms with Gasteiger partial charge in [-0.3, -0.25) is 0 Å².